The third kappa shape index (κ3) is 5.15. The van der Waals surface area contributed by atoms with Gasteiger partial charge in [-0.05, 0) is 34.0 Å². The number of aromatic nitrogens is 3. The minimum atomic E-state index is -0.724. The van der Waals surface area contributed by atoms with Crippen LogP contribution in [0.25, 0.3) is 10.9 Å². The van der Waals surface area contributed by atoms with Crippen molar-refractivity contribution in [2.75, 3.05) is 31.2 Å². The zero-order chi connectivity index (χ0) is 22.1. The Morgan fingerprint density at radius 2 is 2.07 bits per heavy atom. The van der Waals surface area contributed by atoms with Gasteiger partial charge in [0.1, 0.15) is 22.3 Å². The number of nitrogens with one attached hydrogen (secondary N) is 1. The Morgan fingerprint density at radius 1 is 1.33 bits per heavy atom. The fourth-order valence-electron chi connectivity index (χ4n) is 2.92. The number of amides is 1. The van der Waals surface area contributed by atoms with Crippen molar-refractivity contribution in [1.29, 1.82) is 0 Å². The fraction of sp³-hybridized carbons (Fsp3) is 0.579. The third-order valence-electron chi connectivity index (χ3n) is 4.32. The minimum absolute atomic E-state index is 0.0438. The van der Waals surface area contributed by atoms with Gasteiger partial charge in [-0.2, -0.15) is 4.98 Å². The van der Waals surface area contributed by atoms with E-state index in [1.54, 1.807) is 11.2 Å². The highest BCUT2D eigenvalue weighted by Crippen LogP contribution is 2.35. The second-order valence-corrected chi connectivity index (χ2v) is 9.05. The summed E-state index contributed by atoms with van der Waals surface area (Å²) in [5, 5.41) is 3.56. The van der Waals surface area contributed by atoms with Crippen LogP contribution in [-0.2, 0) is 4.74 Å². The second kappa shape index (κ2) is 8.97. The lowest BCUT2D eigenvalue weighted by Gasteiger charge is -2.28. The number of halogens is 2. The Morgan fingerprint density at radius 3 is 2.73 bits per heavy atom. The fourth-order valence-corrected chi connectivity index (χ4v) is 3.45. The van der Waals surface area contributed by atoms with Gasteiger partial charge in [-0.3, -0.25) is 0 Å². The van der Waals surface area contributed by atoms with Gasteiger partial charge < -0.3 is 19.7 Å². The lowest BCUT2D eigenvalue weighted by molar-refractivity contribution is 0.0238. The van der Waals surface area contributed by atoms with Crippen LogP contribution in [0.4, 0.5) is 15.0 Å². The molecule has 0 bridgehead atoms. The highest BCUT2D eigenvalue weighted by Gasteiger charge is 2.26. The van der Waals surface area contributed by atoms with Gasteiger partial charge in [-0.1, -0.05) is 23.4 Å². The van der Waals surface area contributed by atoms with Crippen LogP contribution in [-0.4, -0.2) is 63.5 Å². The Balaban J connectivity index is 2.00. The highest BCUT2D eigenvalue weighted by molar-refractivity contribution is 7.98. The number of thioether (sulfide) groups is 1. The summed E-state index contributed by atoms with van der Waals surface area (Å²) in [5.74, 6) is -0.192. The maximum atomic E-state index is 14.7. The number of rotatable bonds is 1. The molecule has 0 saturated heterocycles. The van der Waals surface area contributed by atoms with Gasteiger partial charge in [-0.15, -0.1) is 0 Å². The second-order valence-electron chi connectivity index (χ2n) is 7.92. The molecule has 3 heterocycles. The van der Waals surface area contributed by atoms with Crippen LogP contribution in [0.1, 0.15) is 34.1 Å². The van der Waals surface area contributed by atoms with E-state index >= 15 is 0 Å². The zero-order valence-corrected chi connectivity index (χ0v) is 19.2. The van der Waals surface area contributed by atoms with Crippen molar-refractivity contribution in [2.24, 2.45) is 0 Å². The van der Waals surface area contributed by atoms with E-state index in [0.717, 1.165) is 0 Å². The summed E-state index contributed by atoms with van der Waals surface area (Å²) < 4.78 is 26.2. The van der Waals surface area contributed by atoms with Crippen molar-refractivity contribution >= 4 is 46.2 Å². The van der Waals surface area contributed by atoms with E-state index in [-0.39, 0.29) is 22.7 Å². The molecule has 30 heavy (non-hydrogen) atoms. The normalized spacial score (nSPS) is 17.7. The maximum absolute atomic E-state index is 14.7. The van der Waals surface area contributed by atoms with E-state index in [9.17, 15) is 9.18 Å². The molecule has 1 N–H and O–H groups in total. The molecule has 164 valence electrons. The van der Waals surface area contributed by atoms with E-state index < -0.39 is 17.5 Å². The third-order valence-corrected chi connectivity index (χ3v) is 5.12. The molecule has 0 spiro atoms. The first-order valence-corrected chi connectivity index (χ1v) is 11.2. The molecule has 1 atom stereocenters. The molecule has 8 nitrogen and oxygen atoms in total. The van der Waals surface area contributed by atoms with Crippen LogP contribution in [0.2, 0.25) is 5.15 Å². The lowest BCUT2D eigenvalue weighted by atomic mass is 10.2. The van der Waals surface area contributed by atoms with E-state index in [2.05, 4.69) is 20.3 Å². The average Bonchev–Trinajstić information content (AvgIpc) is 2.68. The number of carbonyl (C=O) groups excluding carboxylic acids is 1. The largest absolute Gasteiger partial charge is 0.474 e. The number of pyridine rings is 1. The minimum Gasteiger partial charge on any atom is -0.474 e. The van der Waals surface area contributed by atoms with Crippen molar-refractivity contribution in [3.63, 3.8) is 0 Å². The predicted octanol–water partition coefficient (Wildman–Crippen LogP) is 4.36. The monoisotopic (exact) mass is 457 g/mol. The topological polar surface area (TPSA) is 89.5 Å². The zero-order valence-electron chi connectivity index (χ0n) is 17.6. The summed E-state index contributed by atoms with van der Waals surface area (Å²) in [5.41, 5.74) is -0.554. The molecular weight excluding hydrogens is 433 g/mol. The number of nitrogens with zero attached hydrogens (tertiary/aromatic N) is 4. The Hall–Kier alpha value is -2.07. The van der Waals surface area contributed by atoms with Gasteiger partial charge >= 0.3 is 6.09 Å². The van der Waals surface area contributed by atoms with Gasteiger partial charge in [0.2, 0.25) is 5.88 Å². The van der Waals surface area contributed by atoms with Crippen LogP contribution in [0.15, 0.2) is 5.16 Å². The van der Waals surface area contributed by atoms with E-state index in [1.165, 1.54) is 11.8 Å². The van der Waals surface area contributed by atoms with Crippen LogP contribution in [0, 0.1) is 5.82 Å². The molecule has 11 heteroatoms. The Labute approximate surface area is 183 Å². The van der Waals surface area contributed by atoms with Gasteiger partial charge in [0.15, 0.2) is 16.1 Å². The van der Waals surface area contributed by atoms with Crippen LogP contribution >= 0.6 is 23.4 Å². The summed E-state index contributed by atoms with van der Waals surface area (Å²) >= 11 is 7.27. The van der Waals surface area contributed by atoms with E-state index in [1.807, 2.05) is 27.7 Å². The van der Waals surface area contributed by atoms with E-state index in [4.69, 9.17) is 21.1 Å². The van der Waals surface area contributed by atoms with Gasteiger partial charge in [-0.25, -0.2) is 19.2 Å². The predicted molar refractivity (Wildman–Crippen MR) is 115 cm³/mol. The molecule has 2 aromatic heterocycles. The molecule has 0 fully saturated rings. The van der Waals surface area contributed by atoms with Crippen molar-refractivity contribution in [2.45, 2.75) is 51.0 Å². The van der Waals surface area contributed by atoms with Crippen molar-refractivity contribution < 1.29 is 18.7 Å². The Bertz CT molecular complexity index is 956. The number of hydrogen-bond acceptors (Lipinski definition) is 8. The summed E-state index contributed by atoms with van der Waals surface area (Å²) in [4.78, 5) is 27.0. The maximum Gasteiger partial charge on any atom is 0.410 e. The summed E-state index contributed by atoms with van der Waals surface area (Å²) in [7, 11) is 0. The molecule has 2 aromatic rings. The quantitative estimate of drug-likeness (QED) is 0.384. The molecule has 1 aliphatic heterocycles. The first kappa shape index (κ1) is 22.6. The van der Waals surface area contributed by atoms with Crippen LogP contribution in [0.5, 0.6) is 5.88 Å². The molecule has 0 saturated carbocycles. The Kier molecular flexibility index (Phi) is 6.76. The standard InChI is InChI=1S/C19H25ClFN5O3S/c1-10-6-8-26(18(27)29-19(2,3)4)9-7-22-15-11-13(23-17(25-15)30-5)12(21)14(20)24-16(11)28-10/h10H,6-9H2,1-5H3,(H,22,23,25)/t10-/m0/s1. The van der Waals surface area contributed by atoms with E-state index in [0.29, 0.717) is 42.4 Å². The SMILES string of the molecule is CSc1nc2c3c(nc(Cl)c(F)c3n1)O[C@@H](C)CCN(C(=O)OC(C)(C)C)CCN2. The molecule has 0 aliphatic carbocycles. The van der Waals surface area contributed by atoms with Gasteiger partial charge in [0, 0.05) is 26.1 Å². The van der Waals surface area contributed by atoms with Crippen LogP contribution < -0.4 is 10.1 Å². The summed E-state index contributed by atoms with van der Waals surface area (Å²) in [6.07, 6.45) is 1.59. The molecule has 0 unspecified atom stereocenters. The van der Waals surface area contributed by atoms with Gasteiger partial charge in [0.25, 0.3) is 0 Å². The summed E-state index contributed by atoms with van der Waals surface area (Å²) in [6, 6.07) is 0. The molecule has 0 aromatic carbocycles. The number of ether oxygens (including phenoxy) is 2. The highest BCUT2D eigenvalue weighted by atomic mass is 35.5. The first-order valence-electron chi connectivity index (χ1n) is 9.58. The molecular formula is C19H25ClFN5O3S. The number of hydrogen-bond donors (Lipinski definition) is 1. The van der Waals surface area contributed by atoms with Crippen molar-refractivity contribution in [3.8, 4) is 5.88 Å². The van der Waals surface area contributed by atoms with Crippen molar-refractivity contribution in [1.82, 2.24) is 19.9 Å². The lowest BCUT2D eigenvalue weighted by Crippen LogP contribution is -2.40. The summed E-state index contributed by atoms with van der Waals surface area (Å²) in [6.45, 7) is 8.49. The number of anilines is 1. The first-order chi connectivity index (χ1) is 14.1. The molecule has 3 rings (SSSR count). The molecule has 0 radical (unpaired) electrons. The van der Waals surface area contributed by atoms with Crippen molar-refractivity contribution in [3.05, 3.63) is 11.0 Å². The molecule has 1 amide bonds. The number of carbonyl (C=O) groups is 1. The van der Waals surface area contributed by atoms with Crippen LogP contribution in [0.3, 0.4) is 0 Å². The van der Waals surface area contributed by atoms with Gasteiger partial charge in [0.05, 0.1) is 6.10 Å². The molecule has 1 aliphatic rings. The average molecular weight is 458 g/mol. The smallest absolute Gasteiger partial charge is 0.410 e.